The first-order chi connectivity index (χ1) is 8.10. The van der Waals surface area contributed by atoms with Gasteiger partial charge >= 0.3 is 5.97 Å². The molecule has 1 unspecified atom stereocenters. The van der Waals surface area contributed by atoms with Gasteiger partial charge in [-0.05, 0) is 25.0 Å². The topological polar surface area (TPSA) is 75.6 Å². The molecule has 0 radical (unpaired) electrons. The second kappa shape index (κ2) is 6.86. The molecule has 1 amide bonds. The Bertz CT molecular complexity index is 277. The van der Waals surface area contributed by atoms with Gasteiger partial charge in [0.15, 0.2) is 0 Å². The van der Waals surface area contributed by atoms with Crippen molar-refractivity contribution in [1.29, 1.82) is 0 Å². The van der Waals surface area contributed by atoms with E-state index in [-0.39, 0.29) is 5.91 Å². The van der Waals surface area contributed by atoms with E-state index in [0.29, 0.717) is 25.2 Å². The lowest BCUT2D eigenvalue weighted by molar-refractivity contribution is -0.146. The van der Waals surface area contributed by atoms with E-state index in [4.69, 9.17) is 4.74 Å². The third kappa shape index (κ3) is 4.20. The van der Waals surface area contributed by atoms with Crippen LogP contribution >= 0.6 is 11.8 Å². The smallest absolute Gasteiger partial charge is 0.330 e. The van der Waals surface area contributed by atoms with Gasteiger partial charge in [-0.3, -0.25) is 4.79 Å². The number of carbonyl (C=O) groups excluding carboxylic acids is 1. The van der Waals surface area contributed by atoms with Crippen molar-refractivity contribution in [2.75, 3.05) is 25.2 Å². The van der Waals surface area contributed by atoms with E-state index in [0.717, 1.165) is 18.6 Å². The minimum Gasteiger partial charge on any atom is -0.479 e. The van der Waals surface area contributed by atoms with Crippen molar-refractivity contribution in [2.45, 2.75) is 31.2 Å². The van der Waals surface area contributed by atoms with Crippen LogP contribution < -0.4 is 5.32 Å². The number of rotatable bonds is 7. The minimum atomic E-state index is -1.04. The molecule has 1 heterocycles. The highest BCUT2D eigenvalue weighted by Crippen LogP contribution is 2.28. The number of aliphatic carboxylic acids is 1. The summed E-state index contributed by atoms with van der Waals surface area (Å²) in [4.78, 5) is 22.8. The third-order valence-corrected chi connectivity index (χ3v) is 4.00. The van der Waals surface area contributed by atoms with Gasteiger partial charge in [0.1, 0.15) is 5.54 Å². The maximum absolute atomic E-state index is 11.6. The van der Waals surface area contributed by atoms with Crippen LogP contribution in [0.15, 0.2) is 0 Å². The molecule has 0 saturated carbocycles. The number of hydrogen-bond acceptors (Lipinski definition) is 4. The summed E-state index contributed by atoms with van der Waals surface area (Å²) in [5.41, 5.74) is -1.04. The standard InChI is InChI=1S/C11H19NO4S/c1-16-6-3-2-4-9(13)12-11(10(14)15)5-7-17-8-11/h2-8H2,1H3,(H,12,13)(H,14,15). The fraction of sp³-hybridized carbons (Fsp3) is 0.818. The van der Waals surface area contributed by atoms with E-state index in [1.807, 2.05) is 0 Å². The molecule has 0 aromatic rings. The van der Waals surface area contributed by atoms with Crippen LogP contribution in [0.4, 0.5) is 0 Å². The van der Waals surface area contributed by atoms with Gasteiger partial charge in [-0.1, -0.05) is 0 Å². The molecule has 2 N–H and O–H groups in total. The SMILES string of the molecule is COCCCCC(=O)NC1(C(=O)O)CCSC1. The average Bonchev–Trinajstić information content (AvgIpc) is 2.74. The van der Waals surface area contributed by atoms with Crippen molar-refractivity contribution in [3.63, 3.8) is 0 Å². The molecule has 17 heavy (non-hydrogen) atoms. The Labute approximate surface area is 105 Å². The Morgan fingerprint density at radius 1 is 1.47 bits per heavy atom. The number of amides is 1. The van der Waals surface area contributed by atoms with E-state index in [1.165, 1.54) is 0 Å². The number of ether oxygens (including phenoxy) is 1. The minimum absolute atomic E-state index is 0.175. The second-order valence-electron chi connectivity index (χ2n) is 4.19. The van der Waals surface area contributed by atoms with Crippen molar-refractivity contribution < 1.29 is 19.4 Å². The number of carboxylic acids is 1. The molecule has 1 atom stereocenters. The molecule has 0 aromatic carbocycles. The van der Waals surface area contributed by atoms with Crippen molar-refractivity contribution in [2.24, 2.45) is 0 Å². The zero-order valence-electron chi connectivity index (χ0n) is 10.0. The fourth-order valence-electron chi connectivity index (χ4n) is 1.75. The molecule has 98 valence electrons. The first-order valence-electron chi connectivity index (χ1n) is 5.72. The number of methoxy groups -OCH3 is 1. The van der Waals surface area contributed by atoms with E-state index >= 15 is 0 Å². The molecule has 0 aliphatic carbocycles. The lowest BCUT2D eigenvalue weighted by Crippen LogP contribution is -2.54. The number of carbonyl (C=O) groups is 2. The molecule has 6 heteroatoms. The number of thioether (sulfide) groups is 1. The van der Waals surface area contributed by atoms with E-state index in [2.05, 4.69) is 5.32 Å². The molecule has 1 aliphatic heterocycles. The van der Waals surface area contributed by atoms with Crippen LogP contribution in [0.1, 0.15) is 25.7 Å². The first-order valence-corrected chi connectivity index (χ1v) is 6.87. The van der Waals surface area contributed by atoms with Crippen LogP contribution in [0.25, 0.3) is 0 Å². The van der Waals surface area contributed by atoms with Gasteiger partial charge < -0.3 is 15.2 Å². The molecule has 0 spiro atoms. The Balaban J connectivity index is 2.35. The monoisotopic (exact) mass is 261 g/mol. The summed E-state index contributed by atoms with van der Waals surface area (Å²) in [6.07, 6.45) is 2.42. The Kier molecular flexibility index (Phi) is 5.77. The van der Waals surface area contributed by atoms with Crippen LogP contribution in [0.5, 0.6) is 0 Å². The van der Waals surface area contributed by atoms with Crippen LogP contribution in [-0.4, -0.2) is 47.7 Å². The largest absolute Gasteiger partial charge is 0.479 e. The predicted octanol–water partition coefficient (Wildman–Crippen LogP) is 0.880. The maximum Gasteiger partial charge on any atom is 0.330 e. The summed E-state index contributed by atoms with van der Waals surface area (Å²) in [6.45, 7) is 0.632. The summed E-state index contributed by atoms with van der Waals surface area (Å²) < 4.78 is 4.89. The summed E-state index contributed by atoms with van der Waals surface area (Å²) >= 11 is 1.57. The van der Waals surface area contributed by atoms with Gasteiger partial charge in [0.25, 0.3) is 0 Å². The maximum atomic E-state index is 11.6. The Morgan fingerprint density at radius 3 is 2.76 bits per heavy atom. The lowest BCUT2D eigenvalue weighted by Gasteiger charge is -2.24. The Morgan fingerprint density at radius 2 is 2.24 bits per heavy atom. The van der Waals surface area contributed by atoms with E-state index < -0.39 is 11.5 Å². The summed E-state index contributed by atoms with van der Waals surface area (Å²) in [5.74, 6) is 0.154. The quantitative estimate of drug-likeness (QED) is 0.665. The molecule has 1 fully saturated rings. The van der Waals surface area contributed by atoms with Crippen LogP contribution in [0.2, 0.25) is 0 Å². The summed E-state index contributed by atoms with van der Waals surface area (Å²) in [5, 5.41) is 11.8. The highest BCUT2D eigenvalue weighted by Gasteiger charge is 2.42. The molecule has 1 rings (SSSR count). The van der Waals surface area contributed by atoms with Crippen molar-refractivity contribution in [1.82, 2.24) is 5.32 Å². The van der Waals surface area contributed by atoms with Crippen molar-refractivity contribution >= 4 is 23.6 Å². The van der Waals surface area contributed by atoms with Gasteiger partial charge in [-0.25, -0.2) is 4.79 Å². The molecule has 1 aliphatic rings. The summed E-state index contributed by atoms with van der Waals surface area (Å²) in [7, 11) is 1.62. The highest BCUT2D eigenvalue weighted by atomic mass is 32.2. The Hall–Kier alpha value is -0.750. The zero-order chi connectivity index (χ0) is 12.7. The molecule has 0 aromatic heterocycles. The van der Waals surface area contributed by atoms with Crippen molar-refractivity contribution in [3.8, 4) is 0 Å². The molecular weight excluding hydrogens is 242 g/mol. The average molecular weight is 261 g/mol. The molecule has 5 nitrogen and oxygen atoms in total. The molecular formula is C11H19NO4S. The highest BCUT2D eigenvalue weighted by molar-refractivity contribution is 7.99. The number of hydrogen-bond donors (Lipinski definition) is 2. The molecule has 0 bridgehead atoms. The van der Waals surface area contributed by atoms with Gasteiger partial charge in [-0.2, -0.15) is 11.8 Å². The predicted molar refractivity (Wildman–Crippen MR) is 66.2 cm³/mol. The van der Waals surface area contributed by atoms with Crippen LogP contribution in [0, 0.1) is 0 Å². The van der Waals surface area contributed by atoms with Crippen LogP contribution in [0.3, 0.4) is 0 Å². The van der Waals surface area contributed by atoms with Gasteiger partial charge in [-0.15, -0.1) is 0 Å². The lowest BCUT2D eigenvalue weighted by atomic mass is 9.99. The van der Waals surface area contributed by atoms with Crippen molar-refractivity contribution in [3.05, 3.63) is 0 Å². The number of unbranched alkanes of at least 4 members (excludes halogenated alkanes) is 1. The zero-order valence-corrected chi connectivity index (χ0v) is 10.8. The normalized spacial score (nSPS) is 23.6. The van der Waals surface area contributed by atoms with Gasteiger partial charge in [0.05, 0.1) is 0 Å². The second-order valence-corrected chi connectivity index (χ2v) is 5.29. The van der Waals surface area contributed by atoms with Crippen LogP contribution in [-0.2, 0) is 14.3 Å². The van der Waals surface area contributed by atoms with Gasteiger partial charge in [0.2, 0.25) is 5.91 Å². The van der Waals surface area contributed by atoms with Gasteiger partial charge in [0, 0.05) is 25.9 Å². The van der Waals surface area contributed by atoms with E-state index in [9.17, 15) is 14.7 Å². The number of nitrogens with one attached hydrogen (secondary N) is 1. The first kappa shape index (κ1) is 14.3. The van der Waals surface area contributed by atoms with E-state index in [1.54, 1.807) is 18.9 Å². The summed E-state index contributed by atoms with van der Waals surface area (Å²) in [6, 6.07) is 0. The fourth-order valence-corrected chi connectivity index (χ4v) is 3.07. The number of carboxylic acid groups (broad SMARTS) is 1. The molecule has 1 saturated heterocycles. The third-order valence-electron chi connectivity index (χ3n) is 2.81.